The Morgan fingerprint density at radius 3 is 2.28 bits per heavy atom. The lowest BCUT2D eigenvalue weighted by Gasteiger charge is -2.36. The number of piperidine rings is 1. The van der Waals surface area contributed by atoms with E-state index in [1.165, 1.54) is 19.5 Å². The number of benzene rings is 1. The lowest BCUT2D eigenvalue weighted by molar-refractivity contribution is -0.142. The monoisotopic (exact) mass is 402 g/mol. The molecule has 1 aliphatic carbocycles. The van der Waals surface area contributed by atoms with Crippen molar-refractivity contribution in [2.75, 3.05) is 38.7 Å². The van der Waals surface area contributed by atoms with Crippen molar-refractivity contribution < 1.29 is 14.3 Å². The highest BCUT2D eigenvalue weighted by atomic mass is 16.5. The summed E-state index contributed by atoms with van der Waals surface area (Å²) in [4.78, 5) is 15.3. The van der Waals surface area contributed by atoms with Crippen LogP contribution in [0.3, 0.4) is 0 Å². The van der Waals surface area contributed by atoms with Crippen molar-refractivity contribution in [2.24, 2.45) is 17.8 Å². The number of rotatable bonds is 7. The fourth-order valence-electron chi connectivity index (χ4n) is 4.90. The maximum atomic E-state index is 12.8. The number of methoxy groups -OCH3 is 1. The van der Waals surface area contributed by atoms with E-state index >= 15 is 0 Å². The molecule has 5 heteroatoms. The van der Waals surface area contributed by atoms with Crippen molar-refractivity contribution in [1.82, 2.24) is 4.90 Å². The predicted molar refractivity (Wildman–Crippen MR) is 117 cm³/mol. The molecule has 1 saturated carbocycles. The van der Waals surface area contributed by atoms with Gasteiger partial charge in [0.25, 0.3) is 5.91 Å². The summed E-state index contributed by atoms with van der Waals surface area (Å²) in [5.41, 5.74) is 0.0980. The van der Waals surface area contributed by atoms with Crippen LogP contribution in [0.5, 0.6) is 5.75 Å². The SMILES string of the molecule is COC1(C(=O)Nc2ccc(OCCN3CC(C)CC(C)C3)cc2)CCC(C)CC1. The second-order valence-corrected chi connectivity index (χ2v) is 9.41. The lowest BCUT2D eigenvalue weighted by atomic mass is 9.79. The second-order valence-electron chi connectivity index (χ2n) is 9.41. The molecule has 2 aliphatic rings. The van der Waals surface area contributed by atoms with Crippen LogP contribution in [0.2, 0.25) is 0 Å². The van der Waals surface area contributed by atoms with Crippen molar-refractivity contribution in [2.45, 2.75) is 58.5 Å². The third-order valence-electron chi connectivity index (χ3n) is 6.62. The van der Waals surface area contributed by atoms with Gasteiger partial charge in [-0.05, 0) is 74.1 Å². The zero-order valence-corrected chi connectivity index (χ0v) is 18.6. The highest BCUT2D eigenvalue weighted by molar-refractivity contribution is 5.97. The number of nitrogens with zero attached hydrogens (tertiary/aromatic N) is 1. The molecular formula is C24H38N2O3. The summed E-state index contributed by atoms with van der Waals surface area (Å²) < 4.78 is 11.6. The third-order valence-corrected chi connectivity index (χ3v) is 6.62. The predicted octanol–water partition coefficient (Wildman–Crippen LogP) is 4.58. The molecule has 0 radical (unpaired) electrons. The van der Waals surface area contributed by atoms with E-state index in [1.54, 1.807) is 7.11 Å². The molecule has 0 spiro atoms. The van der Waals surface area contributed by atoms with Gasteiger partial charge < -0.3 is 14.8 Å². The number of carbonyl (C=O) groups excluding carboxylic acids is 1. The van der Waals surface area contributed by atoms with Crippen molar-refractivity contribution in [1.29, 1.82) is 0 Å². The quantitative estimate of drug-likeness (QED) is 0.725. The van der Waals surface area contributed by atoms with Crippen LogP contribution >= 0.6 is 0 Å². The first kappa shape index (κ1) is 22.1. The van der Waals surface area contributed by atoms with Gasteiger partial charge in [-0.15, -0.1) is 0 Å². The molecule has 2 fully saturated rings. The Labute approximate surface area is 176 Å². The fourth-order valence-corrected chi connectivity index (χ4v) is 4.90. The van der Waals surface area contributed by atoms with Gasteiger partial charge in [-0.3, -0.25) is 9.69 Å². The number of likely N-dealkylation sites (tertiary alicyclic amines) is 1. The Morgan fingerprint density at radius 1 is 1.07 bits per heavy atom. The zero-order chi connectivity index (χ0) is 20.9. The number of carbonyl (C=O) groups is 1. The van der Waals surface area contributed by atoms with Gasteiger partial charge in [0.1, 0.15) is 18.0 Å². The van der Waals surface area contributed by atoms with Crippen LogP contribution < -0.4 is 10.1 Å². The van der Waals surface area contributed by atoms with Gasteiger partial charge in [0, 0.05) is 32.4 Å². The van der Waals surface area contributed by atoms with Gasteiger partial charge in [0.05, 0.1) is 0 Å². The highest BCUT2D eigenvalue weighted by Gasteiger charge is 2.41. The molecule has 1 amide bonds. The Kier molecular flexibility index (Phi) is 7.58. The highest BCUT2D eigenvalue weighted by Crippen LogP contribution is 2.35. The second kappa shape index (κ2) is 9.94. The average Bonchev–Trinajstić information content (AvgIpc) is 2.69. The number of anilines is 1. The Morgan fingerprint density at radius 2 is 1.69 bits per heavy atom. The number of nitrogens with one attached hydrogen (secondary N) is 1. The third kappa shape index (κ3) is 5.95. The van der Waals surface area contributed by atoms with Gasteiger partial charge in [0.15, 0.2) is 0 Å². The van der Waals surface area contributed by atoms with Crippen LogP contribution in [0, 0.1) is 17.8 Å². The van der Waals surface area contributed by atoms with Crippen LogP contribution in [0.4, 0.5) is 5.69 Å². The summed E-state index contributed by atoms with van der Waals surface area (Å²) in [7, 11) is 1.65. The van der Waals surface area contributed by atoms with E-state index in [0.717, 1.165) is 55.5 Å². The molecule has 2 atom stereocenters. The molecule has 1 heterocycles. The normalized spacial score (nSPS) is 30.7. The number of ether oxygens (including phenoxy) is 2. The van der Waals surface area contributed by atoms with Crippen LogP contribution in [0.1, 0.15) is 52.9 Å². The average molecular weight is 403 g/mol. The van der Waals surface area contributed by atoms with E-state index in [1.807, 2.05) is 24.3 Å². The Hall–Kier alpha value is -1.59. The van der Waals surface area contributed by atoms with E-state index in [2.05, 4.69) is 31.0 Å². The molecule has 29 heavy (non-hydrogen) atoms. The van der Waals surface area contributed by atoms with Crippen molar-refractivity contribution in [3.8, 4) is 5.75 Å². The van der Waals surface area contributed by atoms with Gasteiger partial charge in [0.2, 0.25) is 0 Å². The molecule has 1 aromatic carbocycles. The molecule has 3 rings (SSSR count). The van der Waals surface area contributed by atoms with Gasteiger partial charge in [-0.25, -0.2) is 0 Å². The topological polar surface area (TPSA) is 50.8 Å². The summed E-state index contributed by atoms with van der Waals surface area (Å²) in [5.74, 6) is 3.01. The molecule has 2 unspecified atom stereocenters. The maximum Gasteiger partial charge on any atom is 0.256 e. The first-order valence-corrected chi connectivity index (χ1v) is 11.2. The first-order valence-electron chi connectivity index (χ1n) is 11.2. The largest absolute Gasteiger partial charge is 0.492 e. The molecule has 1 N–H and O–H groups in total. The molecule has 0 bridgehead atoms. The van der Waals surface area contributed by atoms with Crippen molar-refractivity contribution >= 4 is 11.6 Å². The number of amides is 1. The van der Waals surface area contributed by atoms with Crippen molar-refractivity contribution in [3.63, 3.8) is 0 Å². The summed E-state index contributed by atoms with van der Waals surface area (Å²) in [6.07, 6.45) is 4.95. The molecule has 162 valence electrons. The smallest absolute Gasteiger partial charge is 0.256 e. The van der Waals surface area contributed by atoms with Crippen LogP contribution in [0.15, 0.2) is 24.3 Å². The minimum Gasteiger partial charge on any atom is -0.492 e. The molecule has 1 aromatic rings. The van der Waals surface area contributed by atoms with E-state index in [4.69, 9.17) is 9.47 Å². The maximum absolute atomic E-state index is 12.8. The summed E-state index contributed by atoms with van der Waals surface area (Å²) in [6, 6.07) is 7.68. The molecule has 1 aliphatic heterocycles. The Bertz CT molecular complexity index is 643. The Balaban J connectivity index is 1.46. The summed E-state index contributed by atoms with van der Waals surface area (Å²) >= 11 is 0. The molecule has 0 aromatic heterocycles. The standard InChI is InChI=1S/C24H38N2O3/c1-18-9-11-24(28-4,12-10-18)23(27)25-21-5-7-22(8-6-21)29-14-13-26-16-19(2)15-20(3)17-26/h5-8,18-20H,9-17H2,1-4H3,(H,25,27). The van der Waals surface area contributed by atoms with E-state index < -0.39 is 5.60 Å². The molecular weight excluding hydrogens is 364 g/mol. The van der Waals surface area contributed by atoms with Gasteiger partial charge >= 0.3 is 0 Å². The molecule has 1 saturated heterocycles. The van der Waals surface area contributed by atoms with Gasteiger partial charge in [-0.1, -0.05) is 20.8 Å². The van der Waals surface area contributed by atoms with Crippen LogP contribution in [0.25, 0.3) is 0 Å². The fraction of sp³-hybridized carbons (Fsp3) is 0.708. The lowest BCUT2D eigenvalue weighted by Crippen LogP contribution is -2.47. The summed E-state index contributed by atoms with van der Waals surface area (Å²) in [6.45, 7) is 10.9. The van der Waals surface area contributed by atoms with E-state index in [0.29, 0.717) is 12.5 Å². The molecule has 5 nitrogen and oxygen atoms in total. The zero-order valence-electron chi connectivity index (χ0n) is 18.6. The van der Waals surface area contributed by atoms with E-state index in [9.17, 15) is 4.79 Å². The van der Waals surface area contributed by atoms with Crippen molar-refractivity contribution in [3.05, 3.63) is 24.3 Å². The number of hydrogen-bond donors (Lipinski definition) is 1. The van der Waals surface area contributed by atoms with Crippen LogP contribution in [-0.4, -0.2) is 49.8 Å². The minimum absolute atomic E-state index is 0.0334. The van der Waals surface area contributed by atoms with E-state index in [-0.39, 0.29) is 5.91 Å². The van der Waals surface area contributed by atoms with Crippen LogP contribution in [-0.2, 0) is 9.53 Å². The minimum atomic E-state index is -0.690. The summed E-state index contributed by atoms with van der Waals surface area (Å²) in [5, 5.41) is 3.04. The number of hydrogen-bond acceptors (Lipinski definition) is 4. The first-order chi connectivity index (χ1) is 13.9. The van der Waals surface area contributed by atoms with Gasteiger partial charge in [-0.2, -0.15) is 0 Å².